The van der Waals surface area contributed by atoms with Gasteiger partial charge in [0.2, 0.25) is 0 Å². The highest BCUT2D eigenvalue weighted by Gasteiger charge is 2.08. The van der Waals surface area contributed by atoms with Crippen molar-refractivity contribution in [3.05, 3.63) is 78.5 Å². The molecule has 3 rings (SSSR count). The van der Waals surface area contributed by atoms with Crippen LogP contribution in [0.15, 0.2) is 71.3 Å². The average Bonchev–Trinajstić information content (AvgIpc) is 3.04. The first-order valence-corrected chi connectivity index (χ1v) is 6.68. The zero-order valence-electron chi connectivity index (χ0n) is 11.5. The van der Waals surface area contributed by atoms with Gasteiger partial charge in [0, 0.05) is 17.1 Å². The van der Waals surface area contributed by atoms with Crippen LogP contribution in [0.5, 0.6) is 0 Å². The summed E-state index contributed by atoms with van der Waals surface area (Å²) in [6.45, 7) is 0. The molecule has 0 aliphatic heterocycles. The smallest absolute Gasteiger partial charge is 0.291 e. The van der Waals surface area contributed by atoms with Crippen LogP contribution in [0, 0.1) is 5.82 Å². The number of rotatable bonds is 4. The Kier molecular flexibility index (Phi) is 3.87. The van der Waals surface area contributed by atoms with E-state index >= 15 is 0 Å². The summed E-state index contributed by atoms with van der Waals surface area (Å²) in [5, 5.41) is 5.81. The van der Waals surface area contributed by atoms with E-state index < -0.39 is 0 Å². The fraction of sp³-hybridized carbons (Fsp3) is 0. The topological polar surface area (TPSA) is 54.3 Å². The van der Waals surface area contributed by atoms with Crippen molar-refractivity contribution < 1.29 is 13.6 Å². The lowest BCUT2D eigenvalue weighted by Crippen LogP contribution is -2.10. The van der Waals surface area contributed by atoms with Crippen LogP contribution in [0.4, 0.5) is 21.5 Å². The molecule has 0 saturated heterocycles. The number of anilines is 3. The summed E-state index contributed by atoms with van der Waals surface area (Å²) in [6, 6.07) is 16.5. The van der Waals surface area contributed by atoms with E-state index in [1.165, 1.54) is 18.4 Å². The fourth-order valence-corrected chi connectivity index (χ4v) is 1.97. The van der Waals surface area contributed by atoms with Gasteiger partial charge in [0.25, 0.3) is 5.91 Å². The lowest BCUT2D eigenvalue weighted by atomic mass is 10.2. The number of halogens is 1. The van der Waals surface area contributed by atoms with Crippen molar-refractivity contribution in [2.75, 3.05) is 10.6 Å². The Hall–Kier alpha value is -3.08. The first-order valence-electron chi connectivity index (χ1n) is 6.68. The van der Waals surface area contributed by atoms with Gasteiger partial charge < -0.3 is 15.1 Å². The van der Waals surface area contributed by atoms with Gasteiger partial charge in [-0.3, -0.25) is 4.79 Å². The van der Waals surface area contributed by atoms with Crippen LogP contribution in [0.25, 0.3) is 0 Å². The Bertz CT molecular complexity index is 768. The van der Waals surface area contributed by atoms with Gasteiger partial charge in [-0.2, -0.15) is 0 Å². The van der Waals surface area contributed by atoms with E-state index in [9.17, 15) is 9.18 Å². The number of carbonyl (C=O) groups is 1. The maximum Gasteiger partial charge on any atom is 0.291 e. The summed E-state index contributed by atoms with van der Waals surface area (Å²) in [6.07, 6.45) is 1.45. The van der Waals surface area contributed by atoms with Gasteiger partial charge in [-0.05, 0) is 54.6 Å². The molecule has 1 heterocycles. The van der Waals surface area contributed by atoms with E-state index in [4.69, 9.17) is 4.42 Å². The minimum Gasteiger partial charge on any atom is -0.459 e. The largest absolute Gasteiger partial charge is 0.459 e. The highest BCUT2D eigenvalue weighted by atomic mass is 19.1. The molecule has 2 N–H and O–H groups in total. The number of carbonyl (C=O) groups excluding carboxylic acids is 1. The van der Waals surface area contributed by atoms with Crippen molar-refractivity contribution in [3.63, 3.8) is 0 Å². The molecule has 0 fully saturated rings. The number of nitrogens with one attached hydrogen (secondary N) is 2. The van der Waals surface area contributed by atoms with Gasteiger partial charge in [-0.25, -0.2) is 4.39 Å². The zero-order valence-corrected chi connectivity index (χ0v) is 11.5. The van der Waals surface area contributed by atoms with Crippen molar-refractivity contribution in [2.24, 2.45) is 0 Å². The molecule has 22 heavy (non-hydrogen) atoms. The first-order chi connectivity index (χ1) is 10.7. The van der Waals surface area contributed by atoms with Crippen LogP contribution in [-0.2, 0) is 0 Å². The molecule has 0 atom stereocenters. The van der Waals surface area contributed by atoms with Gasteiger partial charge in [0.1, 0.15) is 5.82 Å². The van der Waals surface area contributed by atoms with E-state index in [2.05, 4.69) is 10.6 Å². The molecular formula is C17H13FN2O2. The third kappa shape index (κ3) is 3.32. The van der Waals surface area contributed by atoms with Crippen molar-refractivity contribution in [2.45, 2.75) is 0 Å². The predicted molar refractivity (Wildman–Crippen MR) is 82.8 cm³/mol. The number of hydrogen-bond acceptors (Lipinski definition) is 3. The summed E-state index contributed by atoms with van der Waals surface area (Å²) >= 11 is 0. The Morgan fingerprint density at radius 1 is 0.909 bits per heavy atom. The van der Waals surface area contributed by atoms with Crippen molar-refractivity contribution >= 4 is 23.0 Å². The molecule has 0 spiro atoms. The molecule has 1 aromatic heterocycles. The third-order valence-corrected chi connectivity index (χ3v) is 3.00. The van der Waals surface area contributed by atoms with Gasteiger partial charge in [-0.15, -0.1) is 0 Å². The molecular weight excluding hydrogens is 283 g/mol. The summed E-state index contributed by atoms with van der Waals surface area (Å²) in [5.74, 6) is -0.356. The third-order valence-electron chi connectivity index (χ3n) is 3.00. The molecule has 5 heteroatoms. The zero-order chi connectivity index (χ0) is 15.4. The van der Waals surface area contributed by atoms with Crippen molar-refractivity contribution in [1.82, 2.24) is 0 Å². The number of furan rings is 1. The molecule has 2 aromatic carbocycles. The highest BCUT2D eigenvalue weighted by Crippen LogP contribution is 2.20. The average molecular weight is 296 g/mol. The molecule has 110 valence electrons. The maximum atomic E-state index is 13.1. The minimum atomic E-state index is -0.309. The second kappa shape index (κ2) is 6.13. The van der Waals surface area contributed by atoms with Gasteiger partial charge in [0.05, 0.1) is 6.26 Å². The molecule has 0 aliphatic carbocycles. The Balaban J connectivity index is 1.66. The molecule has 0 unspecified atom stereocenters. The van der Waals surface area contributed by atoms with Crippen LogP contribution in [0.2, 0.25) is 0 Å². The maximum absolute atomic E-state index is 13.1. The molecule has 0 saturated carbocycles. The van der Waals surface area contributed by atoms with Crippen molar-refractivity contribution in [1.29, 1.82) is 0 Å². The Morgan fingerprint density at radius 2 is 1.68 bits per heavy atom. The molecule has 0 radical (unpaired) electrons. The molecule has 4 nitrogen and oxygen atoms in total. The number of benzene rings is 2. The van der Waals surface area contributed by atoms with Crippen molar-refractivity contribution in [3.8, 4) is 0 Å². The predicted octanol–water partition coefficient (Wildman–Crippen LogP) is 4.41. The summed E-state index contributed by atoms with van der Waals surface area (Å²) in [5.41, 5.74) is 2.10. The summed E-state index contributed by atoms with van der Waals surface area (Å²) in [4.78, 5) is 11.8. The highest BCUT2D eigenvalue weighted by molar-refractivity contribution is 6.02. The van der Waals surface area contributed by atoms with Crippen LogP contribution in [-0.4, -0.2) is 5.91 Å². The van der Waals surface area contributed by atoms with Crippen LogP contribution in [0.1, 0.15) is 10.6 Å². The van der Waals surface area contributed by atoms with E-state index in [-0.39, 0.29) is 17.5 Å². The van der Waals surface area contributed by atoms with E-state index in [0.717, 1.165) is 5.69 Å². The van der Waals surface area contributed by atoms with Crippen LogP contribution >= 0.6 is 0 Å². The molecule has 0 bridgehead atoms. The fourth-order valence-electron chi connectivity index (χ4n) is 1.97. The normalized spacial score (nSPS) is 10.2. The number of amides is 1. The van der Waals surface area contributed by atoms with Crippen LogP contribution < -0.4 is 10.6 Å². The second-order valence-electron chi connectivity index (χ2n) is 4.64. The van der Waals surface area contributed by atoms with Gasteiger partial charge in [0.15, 0.2) is 5.76 Å². The quantitative estimate of drug-likeness (QED) is 0.749. The standard InChI is InChI=1S/C17H13FN2O2/c18-12-3-1-4-15(11-12)19-13-6-8-14(9-7-13)20-17(21)16-5-2-10-22-16/h1-11,19H,(H,20,21). The molecule has 3 aromatic rings. The van der Waals surface area contributed by atoms with Gasteiger partial charge >= 0.3 is 0 Å². The lowest BCUT2D eigenvalue weighted by molar-refractivity contribution is 0.0996. The van der Waals surface area contributed by atoms with Crippen LogP contribution in [0.3, 0.4) is 0 Å². The Labute approximate surface area is 126 Å². The summed E-state index contributed by atoms with van der Waals surface area (Å²) in [7, 11) is 0. The summed E-state index contributed by atoms with van der Waals surface area (Å²) < 4.78 is 18.1. The molecule has 1 amide bonds. The second-order valence-corrected chi connectivity index (χ2v) is 4.64. The minimum absolute atomic E-state index is 0.252. The first kappa shape index (κ1) is 13.9. The monoisotopic (exact) mass is 296 g/mol. The van der Waals surface area contributed by atoms with Gasteiger partial charge in [-0.1, -0.05) is 6.07 Å². The molecule has 0 aliphatic rings. The van der Waals surface area contributed by atoms with E-state index in [0.29, 0.717) is 11.4 Å². The SMILES string of the molecule is O=C(Nc1ccc(Nc2cccc(F)c2)cc1)c1ccco1. The van der Waals surface area contributed by atoms with E-state index in [1.54, 1.807) is 48.5 Å². The Morgan fingerprint density at radius 3 is 2.36 bits per heavy atom. The van der Waals surface area contributed by atoms with E-state index in [1.807, 2.05) is 0 Å². The lowest BCUT2D eigenvalue weighted by Gasteiger charge is -2.08. The number of hydrogen-bond donors (Lipinski definition) is 2.